The van der Waals surface area contributed by atoms with Crippen LogP contribution < -0.4 is 16.0 Å². The predicted molar refractivity (Wildman–Crippen MR) is 236 cm³/mol. The first kappa shape index (κ1) is 44.7. The van der Waals surface area contributed by atoms with E-state index in [1.807, 2.05) is 68.4 Å². The maximum Gasteiger partial charge on any atom is 0.408 e. The van der Waals surface area contributed by atoms with E-state index >= 15 is 0 Å². The van der Waals surface area contributed by atoms with Gasteiger partial charge in [-0.15, -0.1) is 0 Å². The first-order valence-electron chi connectivity index (χ1n) is 20.9. The van der Waals surface area contributed by atoms with Crippen LogP contribution in [0.25, 0.3) is 22.5 Å². The molecule has 3 aromatic carbocycles. The number of aromatic nitrogens is 4. The van der Waals surface area contributed by atoms with Gasteiger partial charge in [-0.1, -0.05) is 73.4 Å². The number of aromatic amines is 2. The summed E-state index contributed by atoms with van der Waals surface area (Å²) in [4.78, 5) is 69.8. The highest BCUT2D eigenvalue weighted by Gasteiger charge is 2.36. The fraction of sp³-hybridized carbons (Fsp3) is 0.375. The van der Waals surface area contributed by atoms with E-state index in [4.69, 9.17) is 9.47 Å². The second-order valence-corrected chi connectivity index (χ2v) is 17.3. The Morgan fingerprint density at radius 1 is 0.758 bits per heavy atom. The van der Waals surface area contributed by atoms with E-state index in [-0.39, 0.29) is 11.9 Å². The number of likely N-dealkylation sites (tertiary alicyclic amines) is 1. The van der Waals surface area contributed by atoms with Crippen molar-refractivity contribution in [3.63, 3.8) is 0 Å². The van der Waals surface area contributed by atoms with Gasteiger partial charge in [0.1, 0.15) is 34.9 Å². The molecule has 14 heteroatoms. The van der Waals surface area contributed by atoms with Gasteiger partial charge >= 0.3 is 12.2 Å². The van der Waals surface area contributed by atoms with Gasteiger partial charge < -0.3 is 40.3 Å². The third-order valence-corrected chi connectivity index (χ3v) is 10.0. The lowest BCUT2D eigenvalue weighted by molar-refractivity contribution is -0.134. The molecule has 4 amide bonds. The highest BCUT2D eigenvalue weighted by Crippen LogP contribution is 2.32. The van der Waals surface area contributed by atoms with Crippen molar-refractivity contribution in [2.45, 2.75) is 110 Å². The van der Waals surface area contributed by atoms with Gasteiger partial charge in [-0.05, 0) is 109 Å². The van der Waals surface area contributed by atoms with Crippen LogP contribution in [-0.4, -0.2) is 72.6 Å². The standard InChI is InChI=1S/C48H56N8O6/c1-9-36(54-45(59)61-47(3,4)5)44(58)56-27-13-16-39(56)42-50-29-38(53-42)34-25-21-32(22-26-34)18-17-31-19-23-33(24-20-31)37-28-49-41(52-37)30(2)51-43(57)40(35-14-11-10-12-15-35)55-46(60)62-48(6,7)8/h10-12,14-15,19-26,28-30,36,39-40H,9,13,16,27H2,1-8H3,(H,49,52)(H,50,53)(H,51,57)(H,54,59)(H,55,60). The molecule has 0 bridgehead atoms. The van der Waals surface area contributed by atoms with E-state index in [1.54, 1.807) is 83.1 Å². The summed E-state index contributed by atoms with van der Waals surface area (Å²) in [5.74, 6) is 7.18. The van der Waals surface area contributed by atoms with Gasteiger partial charge in [0.25, 0.3) is 0 Å². The second-order valence-electron chi connectivity index (χ2n) is 17.3. The lowest BCUT2D eigenvalue weighted by Crippen LogP contribution is -2.49. The molecular formula is C48H56N8O6. The van der Waals surface area contributed by atoms with Crippen LogP contribution >= 0.6 is 0 Å². The van der Waals surface area contributed by atoms with E-state index in [0.717, 1.165) is 46.5 Å². The van der Waals surface area contributed by atoms with E-state index in [1.165, 1.54) is 0 Å². The Hall–Kier alpha value is -6.88. The zero-order valence-electron chi connectivity index (χ0n) is 36.6. The van der Waals surface area contributed by atoms with Crippen molar-refractivity contribution in [1.29, 1.82) is 0 Å². The van der Waals surface area contributed by atoms with E-state index in [2.05, 4.69) is 47.7 Å². The normalized spacial score (nSPS) is 15.4. The minimum atomic E-state index is -0.968. The molecule has 4 atom stereocenters. The molecule has 1 aliphatic rings. The average Bonchev–Trinajstić information content (AvgIpc) is 4.02. The number of benzene rings is 3. The fourth-order valence-electron chi connectivity index (χ4n) is 7.01. The fourth-order valence-corrected chi connectivity index (χ4v) is 7.01. The summed E-state index contributed by atoms with van der Waals surface area (Å²) < 4.78 is 10.8. The van der Waals surface area contributed by atoms with Crippen molar-refractivity contribution < 1.29 is 28.7 Å². The number of ether oxygens (including phenoxy) is 2. The molecule has 14 nitrogen and oxygen atoms in total. The van der Waals surface area contributed by atoms with Gasteiger partial charge in [-0.3, -0.25) is 9.59 Å². The lowest BCUT2D eigenvalue weighted by atomic mass is 10.1. The predicted octanol–water partition coefficient (Wildman–Crippen LogP) is 8.28. The van der Waals surface area contributed by atoms with E-state index < -0.39 is 47.4 Å². The van der Waals surface area contributed by atoms with Gasteiger partial charge in [-0.25, -0.2) is 19.6 Å². The number of nitrogens with zero attached hydrogens (tertiary/aromatic N) is 3. The molecule has 3 heterocycles. The number of alkyl carbamates (subject to hydrolysis) is 2. The third-order valence-electron chi connectivity index (χ3n) is 10.0. The number of hydrogen-bond donors (Lipinski definition) is 5. The van der Waals surface area contributed by atoms with Gasteiger partial charge in [0.05, 0.1) is 35.9 Å². The number of H-pyrrole nitrogens is 2. The van der Waals surface area contributed by atoms with E-state index in [9.17, 15) is 19.2 Å². The first-order chi connectivity index (χ1) is 29.5. The molecule has 62 heavy (non-hydrogen) atoms. The monoisotopic (exact) mass is 840 g/mol. The first-order valence-corrected chi connectivity index (χ1v) is 20.9. The minimum Gasteiger partial charge on any atom is -0.444 e. The Morgan fingerprint density at radius 2 is 1.31 bits per heavy atom. The van der Waals surface area contributed by atoms with Crippen molar-refractivity contribution >= 4 is 24.0 Å². The summed E-state index contributed by atoms with van der Waals surface area (Å²) in [7, 11) is 0. The highest BCUT2D eigenvalue weighted by molar-refractivity contribution is 5.87. The van der Waals surface area contributed by atoms with Crippen molar-refractivity contribution in [2.75, 3.05) is 6.54 Å². The quantitative estimate of drug-likeness (QED) is 0.0824. The van der Waals surface area contributed by atoms with Crippen LogP contribution in [0.5, 0.6) is 0 Å². The Balaban J connectivity index is 1.04. The van der Waals surface area contributed by atoms with Gasteiger partial charge in [0.15, 0.2) is 0 Å². The maximum absolute atomic E-state index is 13.5. The molecule has 5 N–H and O–H groups in total. The van der Waals surface area contributed by atoms with Crippen molar-refractivity contribution in [3.05, 3.63) is 120 Å². The third kappa shape index (κ3) is 11.9. The Kier molecular flexibility index (Phi) is 13.9. The molecule has 6 rings (SSSR count). The van der Waals surface area contributed by atoms with Crippen LogP contribution in [0.3, 0.4) is 0 Å². The van der Waals surface area contributed by atoms with Crippen LogP contribution in [0.1, 0.15) is 121 Å². The number of imidazole rings is 2. The lowest BCUT2D eigenvalue weighted by Gasteiger charge is -2.28. The highest BCUT2D eigenvalue weighted by atomic mass is 16.6. The molecule has 1 fully saturated rings. The topological polar surface area (TPSA) is 183 Å². The Bertz CT molecular complexity index is 2400. The van der Waals surface area contributed by atoms with Gasteiger partial charge in [0.2, 0.25) is 11.8 Å². The van der Waals surface area contributed by atoms with Gasteiger partial charge in [-0.2, -0.15) is 0 Å². The summed E-state index contributed by atoms with van der Waals surface area (Å²) in [5.41, 5.74) is 4.37. The van der Waals surface area contributed by atoms with Gasteiger partial charge in [0, 0.05) is 17.7 Å². The number of carbonyl (C=O) groups is 4. The largest absolute Gasteiger partial charge is 0.444 e. The summed E-state index contributed by atoms with van der Waals surface area (Å²) in [6.45, 7) is 14.9. The van der Waals surface area contributed by atoms with Crippen LogP contribution in [-0.2, 0) is 19.1 Å². The number of nitrogens with one attached hydrogen (secondary N) is 5. The van der Waals surface area contributed by atoms with Crippen molar-refractivity contribution in [2.24, 2.45) is 0 Å². The number of amides is 4. The van der Waals surface area contributed by atoms with Crippen LogP contribution in [0.15, 0.2) is 91.3 Å². The van der Waals surface area contributed by atoms with Crippen LogP contribution in [0.2, 0.25) is 0 Å². The maximum atomic E-state index is 13.5. The zero-order valence-corrected chi connectivity index (χ0v) is 36.6. The summed E-state index contributed by atoms with van der Waals surface area (Å²) in [5, 5.41) is 8.40. The summed E-state index contributed by atoms with van der Waals surface area (Å²) in [6, 6.07) is 22.3. The number of rotatable bonds is 11. The Labute approximate surface area is 363 Å². The number of carbonyl (C=O) groups excluding carboxylic acids is 4. The molecule has 4 unspecified atom stereocenters. The van der Waals surface area contributed by atoms with Crippen molar-refractivity contribution in [3.8, 4) is 34.4 Å². The smallest absolute Gasteiger partial charge is 0.408 e. The summed E-state index contributed by atoms with van der Waals surface area (Å²) in [6.07, 6.45) is 4.25. The molecule has 1 saturated heterocycles. The number of hydrogen-bond acceptors (Lipinski definition) is 8. The van der Waals surface area contributed by atoms with E-state index in [0.29, 0.717) is 30.2 Å². The second kappa shape index (κ2) is 19.2. The minimum absolute atomic E-state index is 0.148. The Morgan fingerprint density at radius 3 is 1.87 bits per heavy atom. The van der Waals surface area contributed by atoms with Crippen LogP contribution in [0, 0.1) is 11.8 Å². The zero-order chi connectivity index (χ0) is 44.6. The SMILES string of the molecule is CCC(NC(=O)OC(C)(C)C)C(=O)N1CCCC1c1ncc(-c2ccc(C#Cc3ccc(-c4cnc(C(C)NC(=O)C(NC(=O)OC(C)(C)C)c5ccccc5)[nH]4)cc3)cc2)[nH]1. The molecule has 0 radical (unpaired) electrons. The molecule has 5 aromatic rings. The average molecular weight is 841 g/mol. The molecule has 1 aliphatic heterocycles. The molecule has 2 aromatic heterocycles. The molecule has 0 aliphatic carbocycles. The molecular weight excluding hydrogens is 785 g/mol. The molecule has 0 spiro atoms. The van der Waals surface area contributed by atoms with Crippen molar-refractivity contribution in [1.82, 2.24) is 40.8 Å². The molecule has 0 saturated carbocycles. The van der Waals surface area contributed by atoms with Crippen LogP contribution in [0.4, 0.5) is 9.59 Å². The summed E-state index contributed by atoms with van der Waals surface area (Å²) >= 11 is 0. The molecule has 324 valence electrons.